The molecule has 278 valence electrons. The van der Waals surface area contributed by atoms with Gasteiger partial charge in [0.05, 0.1) is 16.4 Å². The molecule has 0 bridgehead atoms. The molecular formula is C56H34N4. The average molecular weight is 763 g/mol. The van der Waals surface area contributed by atoms with Crippen molar-refractivity contribution in [2.45, 2.75) is 5.41 Å². The van der Waals surface area contributed by atoms with Crippen molar-refractivity contribution in [1.29, 1.82) is 0 Å². The number of benzene rings is 9. The topological polar surface area (TPSA) is 43.6 Å². The fourth-order valence-corrected chi connectivity index (χ4v) is 10.4. The molecule has 4 heteroatoms. The fraction of sp³-hybridized carbons (Fsp3) is 0.0179. The van der Waals surface area contributed by atoms with Crippen molar-refractivity contribution < 1.29 is 0 Å². The average Bonchev–Trinajstić information content (AvgIpc) is 3.82. The van der Waals surface area contributed by atoms with Crippen LogP contribution in [-0.2, 0) is 5.41 Å². The summed E-state index contributed by atoms with van der Waals surface area (Å²) >= 11 is 0. The summed E-state index contributed by atoms with van der Waals surface area (Å²) in [6.07, 6.45) is 0. The molecule has 0 amide bonds. The van der Waals surface area contributed by atoms with Gasteiger partial charge in [0, 0.05) is 21.9 Å². The second kappa shape index (κ2) is 12.5. The first-order chi connectivity index (χ1) is 29.8. The summed E-state index contributed by atoms with van der Waals surface area (Å²) in [4.78, 5) is 15.8. The van der Waals surface area contributed by atoms with Gasteiger partial charge in [0.2, 0.25) is 5.95 Å². The Labute approximate surface area is 346 Å². The van der Waals surface area contributed by atoms with Gasteiger partial charge in [-0.15, -0.1) is 0 Å². The summed E-state index contributed by atoms with van der Waals surface area (Å²) in [5.41, 5.74) is 16.2. The number of fused-ring (bicyclic) bond motifs is 13. The summed E-state index contributed by atoms with van der Waals surface area (Å²) < 4.78 is 2.26. The van der Waals surface area contributed by atoms with E-state index in [9.17, 15) is 0 Å². The molecular weight excluding hydrogens is 729 g/mol. The molecule has 2 aliphatic rings. The quantitative estimate of drug-likeness (QED) is 0.179. The Hall–Kier alpha value is -7.95. The molecule has 1 spiro atoms. The van der Waals surface area contributed by atoms with Gasteiger partial charge in [0.25, 0.3) is 0 Å². The van der Waals surface area contributed by atoms with Crippen molar-refractivity contribution in [1.82, 2.24) is 19.5 Å². The van der Waals surface area contributed by atoms with Gasteiger partial charge in [-0.1, -0.05) is 194 Å². The van der Waals surface area contributed by atoms with E-state index in [-0.39, 0.29) is 0 Å². The van der Waals surface area contributed by atoms with Crippen LogP contribution >= 0.6 is 0 Å². The van der Waals surface area contributed by atoms with Gasteiger partial charge < -0.3 is 0 Å². The van der Waals surface area contributed by atoms with Crippen molar-refractivity contribution in [2.24, 2.45) is 0 Å². The zero-order valence-corrected chi connectivity index (χ0v) is 32.4. The number of aromatic nitrogens is 4. The van der Waals surface area contributed by atoms with Crippen LogP contribution in [0.2, 0.25) is 0 Å². The van der Waals surface area contributed by atoms with Crippen molar-refractivity contribution in [3.63, 3.8) is 0 Å². The van der Waals surface area contributed by atoms with E-state index in [4.69, 9.17) is 15.0 Å². The Morgan fingerprint density at radius 1 is 0.317 bits per heavy atom. The van der Waals surface area contributed by atoms with Crippen LogP contribution in [0.4, 0.5) is 0 Å². The molecule has 0 N–H and O–H groups in total. The van der Waals surface area contributed by atoms with Gasteiger partial charge in [-0.25, -0.2) is 4.98 Å². The lowest BCUT2D eigenvalue weighted by atomic mass is 9.61. The lowest BCUT2D eigenvalue weighted by molar-refractivity contribution is 0.773. The smallest absolute Gasteiger partial charge is 0.238 e. The third-order valence-corrected chi connectivity index (χ3v) is 12.9. The summed E-state index contributed by atoms with van der Waals surface area (Å²) in [5.74, 6) is 1.84. The number of para-hydroxylation sites is 1. The summed E-state index contributed by atoms with van der Waals surface area (Å²) in [5, 5.41) is 4.86. The van der Waals surface area contributed by atoms with Crippen molar-refractivity contribution in [3.05, 3.63) is 229 Å². The van der Waals surface area contributed by atoms with Crippen molar-refractivity contribution in [2.75, 3.05) is 0 Å². The Morgan fingerprint density at radius 2 is 0.783 bits per heavy atom. The molecule has 4 nitrogen and oxygen atoms in total. The fourth-order valence-electron chi connectivity index (χ4n) is 10.4. The van der Waals surface area contributed by atoms with E-state index in [1.807, 2.05) is 24.3 Å². The van der Waals surface area contributed by atoms with Gasteiger partial charge in [0.15, 0.2) is 11.6 Å². The third-order valence-electron chi connectivity index (χ3n) is 12.9. The number of nitrogens with zero attached hydrogens (tertiary/aromatic N) is 4. The maximum atomic E-state index is 5.33. The first-order valence-electron chi connectivity index (χ1n) is 20.5. The minimum atomic E-state index is -0.466. The van der Waals surface area contributed by atoms with E-state index in [0.29, 0.717) is 17.6 Å². The first-order valence-corrected chi connectivity index (χ1v) is 20.5. The van der Waals surface area contributed by atoms with Gasteiger partial charge in [-0.05, 0) is 78.5 Å². The highest BCUT2D eigenvalue weighted by molar-refractivity contribution is 6.26. The molecule has 11 aromatic rings. The molecule has 0 radical (unpaired) electrons. The Bertz CT molecular complexity index is 3490. The number of rotatable bonds is 4. The van der Waals surface area contributed by atoms with Crippen molar-refractivity contribution in [3.8, 4) is 62.1 Å². The number of hydrogen-bond donors (Lipinski definition) is 0. The normalized spacial score (nSPS) is 13.1. The lowest BCUT2D eigenvalue weighted by Crippen LogP contribution is -2.31. The van der Waals surface area contributed by atoms with E-state index in [0.717, 1.165) is 33.1 Å². The highest BCUT2D eigenvalue weighted by atomic mass is 15.2. The molecule has 0 aliphatic heterocycles. The Kier molecular flexibility index (Phi) is 6.90. The molecule has 0 fully saturated rings. The molecule has 2 heterocycles. The minimum absolute atomic E-state index is 0.466. The molecule has 2 aliphatic carbocycles. The monoisotopic (exact) mass is 762 g/mol. The van der Waals surface area contributed by atoms with Crippen molar-refractivity contribution >= 4 is 32.6 Å². The minimum Gasteiger partial charge on any atom is -0.278 e. The van der Waals surface area contributed by atoms with E-state index in [2.05, 4.69) is 187 Å². The molecule has 0 saturated heterocycles. The highest BCUT2D eigenvalue weighted by Crippen LogP contribution is 2.62. The Balaban J connectivity index is 1.12. The largest absolute Gasteiger partial charge is 0.278 e. The van der Waals surface area contributed by atoms with Crippen LogP contribution in [0.15, 0.2) is 206 Å². The van der Waals surface area contributed by atoms with E-state index < -0.39 is 5.41 Å². The summed E-state index contributed by atoms with van der Waals surface area (Å²) in [7, 11) is 0. The molecule has 9 aromatic carbocycles. The van der Waals surface area contributed by atoms with Crippen LogP contribution < -0.4 is 0 Å². The number of hydrogen-bond acceptors (Lipinski definition) is 3. The highest BCUT2D eigenvalue weighted by Gasteiger charge is 2.50. The molecule has 2 aromatic heterocycles. The predicted octanol–water partition coefficient (Wildman–Crippen LogP) is 13.5. The molecule has 13 rings (SSSR count). The standard InChI is InChI=1S/C56H34N4/c1-3-16-35(17-4-1)36-30-32-38(33-31-36)54-57-53(37-18-5-2-6-19-37)58-55(59-54)60-49-29-14-10-23-42(49)52-43-24-15-28-48-51(43)44(34-50(52)60)41-22-9-13-27-47(41)56(48)45-25-11-7-20-39(45)40-21-8-12-26-46(40)56/h1-34H. The van der Waals surface area contributed by atoms with Crippen LogP contribution in [0.1, 0.15) is 22.3 Å². The maximum Gasteiger partial charge on any atom is 0.238 e. The van der Waals surface area contributed by atoms with E-state index in [1.165, 1.54) is 66.2 Å². The van der Waals surface area contributed by atoms with E-state index >= 15 is 0 Å². The summed E-state index contributed by atoms with van der Waals surface area (Å²) in [6.45, 7) is 0. The van der Waals surface area contributed by atoms with Gasteiger partial charge >= 0.3 is 0 Å². The third kappa shape index (κ3) is 4.47. The van der Waals surface area contributed by atoms with Gasteiger partial charge in [-0.3, -0.25) is 4.57 Å². The zero-order chi connectivity index (χ0) is 39.4. The van der Waals surface area contributed by atoms with Crippen LogP contribution in [0.5, 0.6) is 0 Å². The maximum absolute atomic E-state index is 5.33. The second-order valence-corrected chi connectivity index (χ2v) is 15.9. The van der Waals surface area contributed by atoms with Crippen LogP contribution in [0.3, 0.4) is 0 Å². The zero-order valence-electron chi connectivity index (χ0n) is 32.4. The predicted molar refractivity (Wildman–Crippen MR) is 244 cm³/mol. The molecule has 0 unspecified atom stereocenters. The van der Waals surface area contributed by atoms with E-state index in [1.54, 1.807) is 0 Å². The van der Waals surface area contributed by atoms with Crippen LogP contribution in [-0.4, -0.2) is 19.5 Å². The van der Waals surface area contributed by atoms with Gasteiger partial charge in [0.1, 0.15) is 0 Å². The Morgan fingerprint density at radius 3 is 1.43 bits per heavy atom. The van der Waals surface area contributed by atoms with Crippen LogP contribution in [0, 0.1) is 0 Å². The van der Waals surface area contributed by atoms with Crippen LogP contribution in [0.25, 0.3) is 94.7 Å². The van der Waals surface area contributed by atoms with Gasteiger partial charge in [-0.2, -0.15) is 9.97 Å². The molecule has 60 heavy (non-hydrogen) atoms. The lowest BCUT2D eigenvalue weighted by Gasteiger charge is -2.40. The first kappa shape index (κ1) is 33.1. The molecule has 0 atom stereocenters. The second-order valence-electron chi connectivity index (χ2n) is 15.9. The SMILES string of the molecule is c1ccc(-c2ccc(-c3nc(-c4ccccc4)nc(-n4c5ccccc5c5c6cccc7c6c(cc54)-c4ccccc4C74c5ccccc5-c5ccccc54)n3)cc2)cc1. The molecule has 0 saturated carbocycles. The summed E-state index contributed by atoms with van der Waals surface area (Å²) in [6, 6.07) is 74.4.